The van der Waals surface area contributed by atoms with E-state index in [1.807, 2.05) is 7.05 Å². The highest BCUT2D eigenvalue weighted by molar-refractivity contribution is 6.35. The zero-order valence-corrected chi connectivity index (χ0v) is 12.0. The van der Waals surface area contributed by atoms with Gasteiger partial charge in [0.1, 0.15) is 5.75 Å². The van der Waals surface area contributed by atoms with Crippen LogP contribution in [0.4, 0.5) is 0 Å². The molecule has 1 aliphatic heterocycles. The molecule has 5 heteroatoms. The van der Waals surface area contributed by atoms with Crippen LogP contribution in [0.5, 0.6) is 5.75 Å². The first-order chi connectivity index (χ1) is 8.49. The van der Waals surface area contributed by atoms with Gasteiger partial charge in [-0.25, -0.2) is 0 Å². The lowest BCUT2D eigenvalue weighted by atomic mass is 10.1. The van der Waals surface area contributed by atoms with E-state index in [2.05, 4.69) is 11.8 Å². The second-order valence-corrected chi connectivity index (χ2v) is 5.59. The van der Waals surface area contributed by atoms with Crippen molar-refractivity contribution in [3.63, 3.8) is 0 Å². The molecule has 1 fully saturated rings. The maximum Gasteiger partial charge on any atom is 0.138 e. The molecule has 1 aliphatic rings. The van der Waals surface area contributed by atoms with Crippen LogP contribution in [0.2, 0.25) is 10.0 Å². The van der Waals surface area contributed by atoms with Gasteiger partial charge in [0.2, 0.25) is 0 Å². The Labute approximate surface area is 117 Å². The first-order valence-electron chi connectivity index (χ1n) is 5.97. The summed E-state index contributed by atoms with van der Waals surface area (Å²) in [6, 6.07) is 3.66. The summed E-state index contributed by atoms with van der Waals surface area (Å²) < 4.78 is 5.55. The van der Waals surface area contributed by atoms with Crippen LogP contribution in [0.1, 0.15) is 18.9 Å². The van der Waals surface area contributed by atoms with E-state index in [4.69, 9.17) is 27.9 Å². The van der Waals surface area contributed by atoms with Gasteiger partial charge in [-0.2, -0.15) is 0 Å². The van der Waals surface area contributed by atoms with Crippen molar-refractivity contribution in [2.45, 2.75) is 32.0 Å². The fraction of sp³-hybridized carbons (Fsp3) is 0.538. The molecule has 0 amide bonds. The van der Waals surface area contributed by atoms with Crippen molar-refractivity contribution in [3.8, 4) is 5.75 Å². The van der Waals surface area contributed by atoms with Gasteiger partial charge in [-0.05, 0) is 32.5 Å². The van der Waals surface area contributed by atoms with Gasteiger partial charge in [0.15, 0.2) is 0 Å². The average molecular weight is 290 g/mol. The quantitative estimate of drug-likeness (QED) is 0.927. The Kier molecular flexibility index (Phi) is 4.38. The number of benzene rings is 1. The fourth-order valence-electron chi connectivity index (χ4n) is 2.42. The minimum Gasteiger partial charge on any atom is -0.506 e. The van der Waals surface area contributed by atoms with Crippen molar-refractivity contribution in [1.29, 1.82) is 0 Å². The van der Waals surface area contributed by atoms with Gasteiger partial charge >= 0.3 is 0 Å². The van der Waals surface area contributed by atoms with E-state index < -0.39 is 0 Å². The van der Waals surface area contributed by atoms with Crippen molar-refractivity contribution < 1.29 is 9.84 Å². The number of ether oxygens (including phenoxy) is 1. The number of likely N-dealkylation sites (N-methyl/N-ethyl adjacent to an activating group) is 1. The van der Waals surface area contributed by atoms with Crippen LogP contribution in [0.25, 0.3) is 0 Å². The predicted octanol–water partition coefficient (Wildman–Crippen LogP) is 3.31. The van der Waals surface area contributed by atoms with Crippen molar-refractivity contribution >= 4 is 23.2 Å². The van der Waals surface area contributed by atoms with Crippen LogP contribution >= 0.6 is 23.2 Å². The zero-order valence-electron chi connectivity index (χ0n) is 10.5. The van der Waals surface area contributed by atoms with Gasteiger partial charge in [0.25, 0.3) is 0 Å². The van der Waals surface area contributed by atoms with Gasteiger partial charge in [0, 0.05) is 29.8 Å². The molecule has 100 valence electrons. The lowest BCUT2D eigenvalue weighted by Crippen LogP contribution is -2.36. The van der Waals surface area contributed by atoms with Crippen molar-refractivity contribution in [3.05, 3.63) is 27.7 Å². The maximum atomic E-state index is 9.93. The minimum absolute atomic E-state index is 0.111. The molecule has 1 heterocycles. The first kappa shape index (κ1) is 13.9. The third-order valence-electron chi connectivity index (χ3n) is 3.43. The second-order valence-electron chi connectivity index (χ2n) is 4.74. The van der Waals surface area contributed by atoms with Gasteiger partial charge in [-0.15, -0.1) is 0 Å². The average Bonchev–Trinajstić information content (AvgIpc) is 2.71. The third-order valence-corrected chi connectivity index (χ3v) is 3.94. The number of phenols is 1. The van der Waals surface area contributed by atoms with Gasteiger partial charge < -0.3 is 9.84 Å². The molecule has 0 radical (unpaired) electrons. The molecule has 18 heavy (non-hydrogen) atoms. The molecular weight excluding hydrogens is 273 g/mol. The molecule has 0 aliphatic carbocycles. The molecule has 0 aromatic heterocycles. The van der Waals surface area contributed by atoms with Gasteiger partial charge in [0.05, 0.1) is 11.1 Å². The molecule has 2 atom stereocenters. The molecular formula is C13H17Cl2NO2. The molecule has 3 nitrogen and oxygen atoms in total. The molecule has 1 aromatic carbocycles. The standard InChI is InChI=1S/C13H17Cl2NO2/c1-8-12(3-4-18-8)16(2)7-9-5-10(14)6-11(15)13(9)17/h5-6,8,12,17H,3-4,7H2,1-2H3. The van der Waals surface area contributed by atoms with E-state index in [-0.39, 0.29) is 11.9 Å². The van der Waals surface area contributed by atoms with E-state index in [1.54, 1.807) is 12.1 Å². The summed E-state index contributed by atoms with van der Waals surface area (Å²) in [4.78, 5) is 2.17. The fourth-order valence-corrected chi connectivity index (χ4v) is 2.96. The molecule has 0 saturated carbocycles. The van der Waals surface area contributed by atoms with Crippen molar-refractivity contribution in [1.82, 2.24) is 4.90 Å². The number of aromatic hydroxyl groups is 1. The van der Waals surface area contributed by atoms with Crippen molar-refractivity contribution in [2.75, 3.05) is 13.7 Å². The summed E-state index contributed by atoms with van der Waals surface area (Å²) >= 11 is 11.9. The Morgan fingerprint density at radius 3 is 2.78 bits per heavy atom. The number of nitrogens with zero attached hydrogens (tertiary/aromatic N) is 1. The molecule has 2 unspecified atom stereocenters. The molecule has 1 aromatic rings. The summed E-state index contributed by atoms with van der Waals surface area (Å²) in [6.07, 6.45) is 1.22. The Bertz CT molecular complexity index is 439. The van der Waals surface area contributed by atoms with E-state index in [9.17, 15) is 5.11 Å². The number of halogens is 2. The van der Waals surface area contributed by atoms with Gasteiger partial charge in [-0.3, -0.25) is 4.90 Å². The zero-order chi connectivity index (χ0) is 13.3. The summed E-state index contributed by atoms with van der Waals surface area (Å²) in [5, 5.41) is 10.8. The number of rotatable bonds is 3. The maximum absolute atomic E-state index is 9.93. The summed E-state index contributed by atoms with van der Waals surface area (Å²) in [5.74, 6) is 0.111. The lowest BCUT2D eigenvalue weighted by molar-refractivity contribution is 0.0812. The SMILES string of the molecule is CC1OCCC1N(C)Cc1cc(Cl)cc(Cl)c1O. The van der Waals surface area contributed by atoms with E-state index in [0.717, 1.165) is 18.6 Å². The van der Waals surface area contributed by atoms with Crippen LogP contribution in [0.15, 0.2) is 12.1 Å². The van der Waals surface area contributed by atoms with Crippen LogP contribution in [0.3, 0.4) is 0 Å². The Hall–Kier alpha value is -0.480. The monoisotopic (exact) mass is 289 g/mol. The highest BCUT2D eigenvalue weighted by atomic mass is 35.5. The summed E-state index contributed by atoms with van der Waals surface area (Å²) in [7, 11) is 2.02. The highest BCUT2D eigenvalue weighted by Crippen LogP contribution is 2.32. The van der Waals surface area contributed by atoms with E-state index >= 15 is 0 Å². The smallest absolute Gasteiger partial charge is 0.138 e. The lowest BCUT2D eigenvalue weighted by Gasteiger charge is -2.27. The Morgan fingerprint density at radius 2 is 2.17 bits per heavy atom. The number of hydrogen-bond acceptors (Lipinski definition) is 3. The first-order valence-corrected chi connectivity index (χ1v) is 6.73. The van der Waals surface area contributed by atoms with Gasteiger partial charge in [-0.1, -0.05) is 23.2 Å². The highest BCUT2D eigenvalue weighted by Gasteiger charge is 2.28. The topological polar surface area (TPSA) is 32.7 Å². The predicted molar refractivity (Wildman–Crippen MR) is 73.4 cm³/mol. The van der Waals surface area contributed by atoms with Crippen molar-refractivity contribution in [2.24, 2.45) is 0 Å². The molecule has 0 spiro atoms. The minimum atomic E-state index is 0.111. The normalized spacial score (nSPS) is 23.8. The molecule has 2 rings (SSSR count). The van der Waals surface area contributed by atoms with E-state index in [1.165, 1.54) is 0 Å². The summed E-state index contributed by atoms with van der Waals surface area (Å²) in [6.45, 7) is 3.46. The number of hydrogen-bond donors (Lipinski definition) is 1. The number of phenolic OH excluding ortho intramolecular Hbond substituents is 1. The van der Waals surface area contributed by atoms with Crippen LogP contribution in [-0.4, -0.2) is 35.8 Å². The van der Waals surface area contributed by atoms with Crippen LogP contribution < -0.4 is 0 Å². The molecule has 1 saturated heterocycles. The summed E-state index contributed by atoms with van der Waals surface area (Å²) in [5.41, 5.74) is 0.745. The Balaban J connectivity index is 2.13. The van der Waals surface area contributed by atoms with E-state index in [0.29, 0.717) is 22.6 Å². The third kappa shape index (κ3) is 2.91. The molecule has 1 N–H and O–H groups in total. The van der Waals surface area contributed by atoms with Crippen LogP contribution in [-0.2, 0) is 11.3 Å². The molecule has 0 bridgehead atoms. The largest absolute Gasteiger partial charge is 0.506 e. The second kappa shape index (κ2) is 5.66. The van der Waals surface area contributed by atoms with Crippen LogP contribution in [0, 0.1) is 0 Å². The Morgan fingerprint density at radius 1 is 1.44 bits per heavy atom.